The van der Waals surface area contributed by atoms with Gasteiger partial charge in [-0.25, -0.2) is 4.98 Å². The molecule has 7 nitrogen and oxygen atoms in total. The number of nitrogens with zero attached hydrogens (tertiary/aromatic N) is 4. The van der Waals surface area contributed by atoms with Gasteiger partial charge < -0.3 is 20.1 Å². The maximum atomic E-state index is 9.11. The van der Waals surface area contributed by atoms with Gasteiger partial charge in [0.25, 0.3) is 0 Å². The van der Waals surface area contributed by atoms with Gasteiger partial charge in [-0.05, 0) is 42.9 Å². The summed E-state index contributed by atoms with van der Waals surface area (Å²) in [5.41, 5.74) is 2.41. The minimum absolute atomic E-state index is 0.0623. The van der Waals surface area contributed by atoms with Gasteiger partial charge in [0, 0.05) is 50.6 Å². The predicted octanol–water partition coefficient (Wildman–Crippen LogP) is 2.16. The van der Waals surface area contributed by atoms with Crippen LogP contribution < -0.4 is 10.2 Å². The van der Waals surface area contributed by atoms with Crippen molar-refractivity contribution in [1.82, 2.24) is 15.0 Å². The van der Waals surface area contributed by atoms with Crippen molar-refractivity contribution in [3.8, 4) is 0 Å². The molecule has 0 aromatic carbocycles. The third-order valence-electron chi connectivity index (χ3n) is 5.47. The standard InChI is InChI=1S/C20H27N5O2/c26-11-8-22-20-23-18(17-5-12-27-14-17)13-19(24-20)25-9-3-16(4-10-25)15-1-6-21-7-2-15/h1-2,6-7,13,16-17,26H,3-5,8-12,14H2,(H,22,23,24)/t17-/m0/s1. The summed E-state index contributed by atoms with van der Waals surface area (Å²) in [6, 6.07) is 6.37. The largest absolute Gasteiger partial charge is 0.395 e. The molecule has 0 spiro atoms. The summed E-state index contributed by atoms with van der Waals surface area (Å²) in [4.78, 5) is 15.8. The van der Waals surface area contributed by atoms with E-state index in [0.717, 1.165) is 57.1 Å². The SMILES string of the molecule is OCCNc1nc([C@H]2CCOC2)cc(N2CCC(c3ccncc3)CC2)n1. The predicted molar refractivity (Wildman–Crippen MR) is 104 cm³/mol. The Morgan fingerprint density at radius 3 is 2.63 bits per heavy atom. The van der Waals surface area contributed by atoms with Crippen LogP contribution in [0.5, 0.6) is 0 Å². The number of aromatic nitrogens is 3. The molecule has 0 aliphatic carbocycles. The van der Waals surface area contributed by atoms with Gasteiger partial charge in [0.1, 0.15) is 5.82 Å². The molecule has 2 N–H and O–H groups in total. The van der Waals surface area contributed by atoms with E-state index in [4.69, 9.17) is 14.8 Å². The molecule has 4 rings (SSSR count). The summed E-state index contributed by atoms with van der Waals surface area (Å²) < 4.78 is 5.54. The van der Waals surface area contributed by atoms with Gasteiger partial charge in [-0.1, -0.05) is 0 Å². The van der Waals surface area contributed by atoms with E-state index in [0.29, 0.717) is 24.3 Å². The first-order valence-corrected chi connectivity index (χ1v) is 9.80. The van der Waals surface area contributed by atoms with Gasteiger partial charge >= 0.3 is 0 Å². The summed E-state index contributed by atoms with van der Waals surface area (Å²) >= 11 is 0. The molecule has 2 saturated heterocycles. The van der Waals surface area contributed by atoms with Crippen LogP contribution in [0.1, 0.15) is 42.4 Å². The van der Waals surface area contributed by atoms with E-state index in [9.17, 15) is 0 Å². The van der Waals surface area contributed by atoms with E-state index in [2.05, 4.69) is 38.4 Å². The Kier molecular flexibility index (Phi) is 5.79. The lowest BCUT2D eigenvalue weighted by molar-refractivity contribution is 0.193. The normalized spacial score (nSPS) is 20.8. The van der Waals surface area contributed by atoms with Gasteiger partial charge in [0.15, 0.2) is 0 Å². The van der Waals surface area contributed by atoms with Crippen molar-refractivity contribution in [3.63, 3.8) is 0 Å². The summed E-state index contributed by atoms with van der Waals surface area (Å²) in [6.07, 6.45) is 6.97. The zero-order chi connectivity index (χ0) is 18.5. The quantitative estimate of drug-likeness (QED) is 0.807. The summed E-state index contributed by atoms with van der Waals surface area (Å²) in [6.45, 7) is 3.98. The van der Waals surface area contributed by atoms with Crippen LogP contribution in [-0.2, 0) is 4.74 Å². The summed E-state index contributed by atoms with van der Waals surface area (Å²) in [5, 5.41) is 12.2. The summed E-state index contributed by atoms with van der Waals surface area (Å²) in [7, 11) is 0. The highest BCUT2D eigenvalue weighted by Crippen LogP contribution is 2.32. The molecular weight excluding hydrogens is 342 g/mol. The fourth-order valence-electron chi connectivity index (χ4n) is 3.92. The Balaban J connectivity index is 1.49. The number of aliphatic hydroxyl groups is 1. The molecule has 2 aliphatic rings. The monoisotopic (exact) mass is 369 g/mol. The van der Waals surface area contributed by atoms with Gasteiger partial charge in [0.2, 0.25) is 5.95 Å². The van der Waals surface area contributed by atoms with Crippen LogP contribution in [0.2, 0.25) is 0 Å². The number of rotatable bonds is 6. The van der Waals surface area contributed by atoms with Crippen molar-refractivity contribution in [2.24, 2.45) is 0 Å². The zero-order valence-corrected chi connectivity index (χ0v) is 15.5. The highest BCUT2D eigenvalue weighted by molar-refractivity contribution is 5.46. The van der Waals surface area contributed by atoms with Crippen molar-refractivity contribution < 1.29 is 9.84 Å². The molecule has 2 aromatic heterocycles. The lowest BCUT2D eigenvalue weighted by atomic mass is 9.90. The van der Waals surface area contributed by atoms with Crippen LogP contribution in [0.4, 0.5) is 11.8 Å². The van der Waals surface area contributed by atoms with E-state index in [1.165, 1.54) is 5.56 Å². The van der Waals surface area contributed by atoms with E-state index < -0.39 is 0 Å². The average molecular weight is 369 g/mol. The van der Waals surface area contributed by atoms with Crippen molar-refractivity contribution in [1.29, 1.82) is 0 Å². The zero-order valence-electron chi connectivity index (χ0n) is 15.5. The maximum absolute atomic E-state index is 9.11. The molecule has 0 radical (unpaired) electrons. The number of anilines is 2. The van der Waals surface area contributed by atoms with Gasteiger partial charge in [-0.15, -0.1) is 0 Å². The highest BCUT2D eigenvalue weighted by Gasteiger charge is 2.25. The Bertz CT molecular complexity index is 728. The number of piperidine rings is 1. The molecule has 7 heteroatoms. The van der Waals surface area contributed by atoms with Crippen LogP contribution in [-0.4, -0.2) is 59.5 Å². The number of aliphatic hydroxyl groups excluding tert-OH is 1. The topological polar surface area (TPSA) is 83.4 Å². The Labute approximate surface area is 159 Å². The minimum atomic E-state index is 0.0623. The van der Waals surface area contributed by atoms with Crippen molar-refractivity contribution in [3.05, 3.63) is 41.9 Å². The smallest absolute Gasteiger partial charge is 0.224 e. The first-order chi connectivity index (χ1) is 13.3. The molecule has 2 fully saturated rings. The number of pyridine rings is 1. The van der Waals surface area contributed by atoms with Crippen LogP contribution in [0.15, 0.2) is 30.6 Å². The van der Waals surface area contributed by atoms with Crippen molar-refractivity contribution >= 4 is 11.8 Å². The lowest BCUT2D eigenvalue weighted by Gasteiger charge is -2.33. The van der Waals surface area contributed by atoms with E-state index in [-0.39, 0.29) is 6.61 Å². The second-order valence-electron chi connectivity index (χ2n) is 7.23. The van der Waals surface area contributed by atoms with Gasteiger partial charge in [0.05, 0.1) is 18.9 Å². The van der Waals surface area contributed by atoms with E-state index in [1.807, 2.05) is 12.4 Å². The summed E-state index contributed by atoms with van der Waals surface area (Å²) in [5.74, 6) is 2.48. The Morgan fingerprint density at radius 1 is 1.11 bits per heavy atom. The number of hydrogen-bond donors (Lipinski definition) is 2. The number of nitrogens with one attached hydrogen (secondary N) is 1. The molecule has 2 aromatic rings. The molecule has 0 saturated carbocycles. The molecule has 0 bridgehead atoms. The molecule has 144 valence electrons. The second-order valence-corrected chi connectivity index (χ2v) is 7.23. The lowest BCUT2D eigenvalue weighted by Crippen LogP contribution is -2.34. The molecule has 1 atom stereocenters. The van der Waals surface area contributed by atoms with E-state index >= 15 is 0 Å². The Hall–Kier alpha value is -2.25. The fraction of sp³-hybridized carbons (Fsp3) is 0.550. The average Bonchev–Trinajstić information content (AvgIpc) is 3.28. The molecule has 2 aliphatic heterocycles. The minimum Gasteiger partial charge on any atom is -0.395 e. The van der Waals surface area contributed by atoms with Crippen molar-refractivity contribution in [2.75, 3.05) is 49.7 Å². The van der Waals surface area contributed by atoms with Crippen LogP contribution >= 0.6 is 0 Å². The number of ether oxygens (including phenoxy) is 1. The highest BCUT2D eigenvalue weighted by atomic mass is 16.5. The van der Waals surface area contributed by atoms with Crippen LogP contribution in [0.3, 0.4) is 0 Å². The molecule has 4 heterocycles. The second kappa shape index (κ2) is 8.63. The molecular formula is C20H27N5O2. The van der Waals surface area contributed by atoms with Gasteiger partial charge in [-0.3, -0.25) is 4.98 Å². The van der Waals surface area contributed by atoms with Gasteiger partial charge in [-0.2, -0.15) is 4.98 Å². The Morgan fingerprint density at radius 2 is 1.93 bits per heavy atom. The van der Waals surface area contributed by atoms with Crippen molar-refractivity contribution in [2.45, 2.75) is 31.1 Å². The van der Waals surface area contributed by atoms with Crippen LogP contribution in [0.25, 0.3) is 0 Å². The fourth-order valence-corrected chi connectivity index (χ4v) is 3.92. The molecule has 0 unspecified atom stereocenters. The first-order valence-electron chi connectivity index (χ1n) is 9.80. The number of hydrogen-bond acceptors (Lipinski definition) is 7. The van der Waals surface area contributed by atoms with Crippen LogP contribution in [0, 0.1) is 0 Å². The third kappa shape index (κ3) is 4.36. The third-order valence-corrected chi connectivity index (χ3v) is 5.47. The molecule has 0 amide bonds. The maximum Gasteiger partial charge on any atom is 0.224 e. The first kappa shape index (κ1) is 18.1. The molecule has 27 heavy (non-hydrogen) atoms. The van der Waals surface area contributed by atoms with E-state index in [1.54, 1.807) is 0 Å².